The minimum absolute atomic E-state index is 0.170. The van der Waals surface area contributed by atoms with Gasteiger partial charge in [0, 0.05) is 19.1 Å². The van der Waals surface area contributed by atoms with E-state index in [2.05, 4.69) is 27.7 Å². The van der Waals surface area contributed by atoms with Crippen LogP contribution in [0.1, 0.15) is 34.1 Å². The molecule has 1 atom stereocenters. The lowest BCUT2D eigenvalue weighted by atomic mass is 9.72. The van der Waals surface area contributed by atoms with E-state index in [0.717, 1.165) is 19.6 Å². The normalized spacial score (nSPS) is 16.6. The second kappa shape index (κ2) is 5.61. The molecule has 2 N–H and O–H groups in total. The Balaban J connectivity index is 4.44. The summed E-state index contributed by atoms with van der Waals surface area (Å²) in [4.78, 5) is 0. The number of nitrogens with two attached hydrogens (primary N) is 1. The number of ether oxygens (including phenoxy) is 1. The molecule has 80 valence electrons. The molecule has 2 nitrogen and oxygen atoms in total. The Hall–Kier alpha value is -0.0800. The summed E-state index contributed by atoms with van der Waals surface area (Å²) >= 11 is 0. The molecule has 0 fully saturated rings. The van der Waals surface area contributed by atoms with Crippen LogP contribution in [0.5, 0.6) is 0 Å². The third-order valence-corrected chi connectivity index (χ3v) is 2.88. The summed E-state index contributed by atoms with van der Waals surface area (Å²) in [5.74, 6) is 1.26. The number of rotatable bonds is 6. The van der Waals surface area contributed by atoms with Gasteiger partial charge in [0.1, 0.15) is 0 Å². The van der Waals surface area contributed by atoms with Crippen LogP contribution in [0.25, 0.3) is 0 Å². The zero-order chi connectivity index (χ0) is 10.5. The largest absolute Gasteiger partial charge is 0.384 e. The fourth-order valence-corrected chi connectivity index (χ4v) is 1.94. The van der Waals surface area contributed by atoms with E-state index in [4.69, 9.17) is 10.5 Å². The SMILES string of the molecule is COCC(CN)(CC(C)C)C(C)C. The summed E-state index contributed by atoms with van der Waals surface area (Å²) in [6, 6.07) is 0. The molecule has 0 aliphatic heterocycles. The summed E-state index contributed by atoms with van der Waals surface area (Å²) in [6.45, 7) is 10.4. The second-order valence-electron chi connectivity index (χ2n) is 4.75. The molecule has 0 saturated heterocycles. The highest BCUT2D eigenvalue weighted by atomic mass is 16.5. The molecule has 0 saturated carbocycles. The highest BCUT2D eigenvalue weighted by molar-refractivity contribution is 4.84. The van der Waals surface area contributed by atoms with Crippen molar-refractivity contribution in [2.45, 2.75) is 34.1 Å². The van der Waals surface area contributed by atoms with Crippen molar-refractivity contribution in [1.29, 1.82) is 0 Å². The molecule has 0 aliphatic rings. The van der Waals surface area contributed by atoms with Crippen LogP contribution in [0.2, 0.25) is 0 Å². The molecule has 0 aromatic heterocycles. The van der Waals surface area contributed by atoms with Crippen molar-refractivity contribution in [3.8, 4) is 0 Å². The van der Waals surface area contributed by atoms with Crippen molar-refractivity contribution in [3.05, 3.63) is 0 Å². The third kappa shape index (κ3) is 3.65. The van der Waals surface area contributed by atoms with E-state index in [1.54, 1.807) is 7.11 Å². The molecule has 0 heterocycles. The predicted octanol–water partition coefficient (Wildman–Crippen LogP) is 2.28. The first-order valence-electron chi connectivity index (χ1n) is 5.17. The van der Waals surface area contributed by atoms with Gasteiger partial charge in [0.05, 0.1) is 6.61 Å². The van der Waals surface area contributed by atoms with Crippen molar-refractivity contribution in [1.82, 2.24) is 0 Å². The Kier molecular flexibility index (Phi) is 5.57. The van der Waals surface area contributed by atoms with Crippen LogP contribution in [0.15, 0.2) is 0 Å². The summed E-state index contributed by atoms with van der Waals surface area (Å²) < 4.78 is 5.28. The quantitative estimate of drug-likeness (QED) is 0.692. The first kappa shape index (κ1) is 12.9. The molecular formula is C11H25NO. The van der Waals surface area contributed by atoms with Crippen LogP contribution < -0.4 is 5.73 Å². The van der Waals surface area contributed by atoms with E-state index in [-0.39, 0.29) is 5.41 Å². The van der Waals surface area contributed by atoms with Gasteiger partial charge in [0.25, 0.3) is 0 Å². The molecule has 0 spiro atoms. The Labute approximate surface area is 82.8 Å². The predicted molar refractivity (Wildman–Crippen MR) is 57.7 cm³/mol. The van der Waals surface area contributed by atoms with E-state index in [0.29, 0.717) is 11.8 Å². The van der Waals surface area contributed by atoms with Crippen LogP contribution >= 0.6 is 0 Å². The van der Waals surface area contributed by atoms with Gasteiger partial charge in [-0.2, -0.15) is 0 Å². The number of hydrogen-bond donors (Lipinski definition) is 1. The number of methoxy groups -OCH3 is 1. The molecule has 1 unspecified atom stereocenters. The first-order chi connectivity index (χ1) is 5.98. The van der Waals surface area contributed by atoms with Crippen LogP contribution in [-0.4, -0.2) is 20.3 Å². The molecule has 0 aromatic rings. The van der Waals surface area contributed by atoms with E-state index < -0.39 is 0 Å². The lowest BCUT2D eigenvalue weighted by Crippen LogP contribution is -2.41. The van der Waals surface area contributed by atoms with Crippen LogP contribution in [-0.2, 0) is 4.74 Å². The van der Waals surface area contributed by atoms with Gasteiger partial charge in [0.2, 0.25) is 0 Å². The van der Waals surface area contributed by atoms with Crippen LogP contribution in [0.4, 0.5) is 0 Å². The Bertz CT molecular complexity index is 134. The molecular weight excluding hydrogens is 162 g/mol. The fraction of sp³-hybridized carbons (Fsp3) is 1.00. The van der Waals surface area contributed by atoms with Crippen molar-refractivity contribution in [2.75, 3.05) is 20.3 Å². The zero-order valence-electron chi connectivity index (χ0n) is 9.76. The minimum atomic E-state index is 0.170. The average Bonchev–Trinajstić information content (AvgIpc) is 2.02. The van der Waals surface area contributed by atoms with Crippen molar-refractivity contribution in [2.24, 2.45) is 23.0 Å². The van der Waals surface area contributed by atoms with Crippen molar-refractivity contribution in [3.63, 3.8) is 0 Å². The van der Waals surface area contributed by atoms with Gasteiger partial charge in [-0.1, -0.05) is 27.7 Å². The van der Waals surface area contributed by atoms with Gasteiger partial charge in [0.15, 0.2) is 0 Å². The number of hydrogen-bond acceptors (Lipinski definition) is 2. The molecule has 0 rings (SSSR count). The average molecular weight is 187 g/mol. The van der Waals surface area contributed by atoms with E-state index in [1.807, 2.05) is 0 Å². The second-order valence-corrected chi connectivity index (χ2v) is 4.75. The fourth-order valence-electron chi connectivity index (χ4n) is 1.94. The van der Waals surface area contributed by atoms with Crippen molar-refractivity contribution >= 4 is 0 Å². The maximum absolute atomic E-state index is 5.86. The maximum atomic E-state index is 5.86. The smallest absolute Gasteiger partial charge is 0.0533 e. The van der Waals surface area contributed by atoms with Gasteiger partial charge in [-0.05, 0) is 18.3 Å². The highest BCUT2D eigenvalue weighted by Crippen LogP contribution is 2.33. The summed E-state index contributed by atoms with van der Waals surface area (Å²) in [5.41, 5.74) is 6.03. The highest BCUT2D eigenvalue weighted by Gasteiger charge is 2.32. The van der Waals surface area contributed by atoms with Gasteiger partial charge in [-0.25, -0.2) is 0 Å². The Morgan fingerprint density at radius 3 is 2.00 bits per heavy atom. The topological polar surface area (TPSA) is 35.2 Å². The molecule has 13 heavy (non-hydrogen) atoms. The molecule has 0 aliphatic carbocycles. The minimum Gasteiger partial charge on any atom is -0.384 e. The maximum Gasteiger partial charge on any atom is 0.0533 e. The lowest BCUT2D eigenvalue weighted by molar-refractivity contribution is 0.0325. The molecule has 0 radical (unpaired) electrons. The van der Waals surface area contributed by atoms with Gasteiger partial charge in [-0.3, -0.25) is 0 Å². The molecule has 0 amide bonds. The first-order valence-corrected chi connectivity index (χ1v) is 5.17. The Morgan fingerprint density at radius 1 is 1.23 bits per heavy atom. The van der Waals surface area contributed by atoms with E-state index in [1.165, 1.54) is 0 Å². The third-order valence-electron chi connectivity index (χ3n) is 2.88. The molecule has 0 aromatic carbocycles. The van der Waals surface area contributed by atoms with Crippen LogP contribution in [0, 0.1) is 17.3 Å². The molecule has 2 heteroatoms. The zero-order valence-corrected chi connectivity index (χ0v) is 9.76. The summed E-state index contributed by atoms with van der Waals surface area (Å²) in [6.07, 6.45) is 1.15. The van der Waals surface area contributed by atoms with Gasteiger partial charge < -0.3 is 10.5 Å². The summed E-state index contributed by atoms with van der Waals surface area (Å²) in [7, 11) is 1.76. The Morgan fingerprint density at radius 2 is 1.77 bits per heavy atom. The lowest BCUT2D eigenvalue weighted by Gasteiger charge is -2.37. The molecule has 0 bridgehead atoms. The monoisotopic (exact) mass is 187 g/mol. The van der Waals surface area contributed by atoms with E-state index >= 15 is 0 Å². The van der Waals surface area contributed by atoms with Gasteiger partial charge in [-0.15, -0.1) is 0 Å². The van der Waals surface area contributed by atoms with E-state index in [9.17, 15) is 0 Å². The van der Waals surface area contributed by atoms with Crippen LogP contribution in [0.3, 0.4) is 0 Å². The van der Waals surface area contributed by atoms with Gasteiger partial charge >= 0.3 is 0 Å². The standard InChI is InChI=1S/C11H25NO/c1-9(2)6-11(7-12,8-13-5)10(3)4/h9-10H,6-8,12H2,1-5H3. The van der Waals surface area contributed by atoms with Crippen molar-refractivity contribution < 1.29 is 4.74 Å². The summed E-state index contributed by atoms with van der Waals surface area (Å²) in [5, 5.41) is 0.